The van der Waals surface area contributed by atoms with Crippen molar-refractivity contribution in [3.8, 4) is 16.9 Å². The van der Waals surface area contributed by atoms with Crippen LogP contribution in [0.5, 0.6) is 5.75 Å². The first-order valence-electron chi connectivity index (χ1n) is 18.2. The minimum absolute atomic E-state index is 0.0959. The number of benzene rings is 2. The number of halogens is 1. The van der Waals surface area contributed by atoms with Crippen LogP contribution in [0, 0.1) is 5.92 Å². The zero-order valence-electron chi connectivity index (χ0n) is 29.7. The minimum Gasteiger partial charge on any atom is -0.496 e. The number of aromatic nitrogens is 2. The SMILES string of the molecule is COc1cc(-c2cn(C)c(=O)c3cnccc23)cc(Cl)c1CC1CCN(CC(=O)N2CCC(c3ccc(NC4CCC(=O)NC4=O)cc3)CC2)CC1. The monoisotopic (exact) mass is 724 g/mol. The zero-order chi connectivity index (χ0) is 36.4. The molecule has 3 aliphatic rings. The van der Waals surface area contributed by atoms with E-state index in [9.17, 15) is 19.2 Å². The summed E-state index contributed by atoms with van der Waals surface area (Å²) in [5.74, 6) is 1.25. The van der Waals surface area contributed by atoms with E-state index >= 15 is 0 Å². The molecule has 4 aromatic rings. The maximum Gasteiger partial charge on any atom is 0.259 e. The lowest BCUT2D eigenvalue weighted by Gasteiger charge is -2.36. The van der Waals surface area contributed by atoms with Crippen LogP contribution in [0.3, 0.4) is 0 Å². The van der Waals surface area contributed by atoms with Crippen molar-refractivity contribution in [2.24, 2.45) is 13.0 Å². The average molecular weight is 725 g/mol. The predicted molar refractivity (Wildman–Crippen MR) is 202 cm³/mol. The number of anilines is 1. The van der Waals surface area contributed by atoms with Gasteiger partial charge in [0.1, 0.15) is 11.8 Å². The van der Waals surface area contributed by atoms with E-state index < -0.39 is 6.04 Å². The molecule has 3 fully saturated rings. The highest BCUT2D eigenvalue weighted by Crippen LogP contribution is 2.38. The van der Waals surface area contributed by atoms with E-state index in [1.165, 1.54) is 5.56 Å². The summed E-state index contributed by atoms with van der Waals surface area (Å²) in [7, 11) is 3.40. The van der Waals surface area contributed by atoms with Crippen molar-refractivity contribution in [3.63, 3.8) is 0 Å². The van der Waals surface area contributed by atoms with Crippen molar-refractivity contribution in [2.75, 3.05) is 45.2 Å². The Morgan fingerprint density at radius 1 is 0.981 bits per heavy atom. The number of ether oxygens (including phenoxy) is 1. The van der Waals surface area contributed by atoms with Gasteiger partial charge in [-0.3, -0.25) is 34.4 Å². The van der Waals surface area contributed by atoms with E-state index in [1.54, 1.807) is 31.1 Å². The number of rotatable bonds is 9. The Morgan fingerprint density at radius 2 is 1.73 bits per heavy atom. The third-order valence-electron chi connectivity index (χ3n) is 11.0. The molecule has 272 valence electrons. The van der Waals surface area contributed by atoms with Crippen molar-refractivity contribution >= 4 is 45.8 Å². The number of pyridine rings is 2. The summed E-state index contributed by atoms with van der Waals surface area (Å²) in [6, 6.07) is 13.6. The number of amides is 3. The van der Waals surface area contributed by atoms with Crippen LogP contribution in [0.25, 0.3) is 21.9 Å². The molecule has 3 saturated heterocycles. The van der Waals surface area contributed by atoms with E-state index in [0.717, 1.165) is 91.8 Å². The fourth-order valence-corrected chi connectivity index (χ4v) is 8.25. The van der Waals surface area contributed by atoms with Gasteiger partial charge >= 0.3 is 0 Å². The summed E-state index contributed by atoms with van der Waals surface area (Å²) in [6.07, 6.45) is 10.6. The Kier molecular flexibility index (Phi) is 10.6. The average Bonchev–Trinajstić information content (AvgIpc) is 3.16. The maximum absolute atomic E-state index is 13.3. The first kappa shape index (κ1) is 35.7. The van der Waals surface area contributed by atoms with Crippen molar-refractivity contribution in [3.05, 3.63) is 87.6 Å². The molecule has 12 heteroatoms. The van der Waals surface area contributed by atoms with E-state index in [4.69, 9.17) is 16.3 Å². The van der Waals surface area contributed by atoms with Gasteiger partial charge < -0.3 is 19.5 Å². The molecule has 3 aliphatic heterocycles. The Balaban J connectivity index is 0.893. The van der Waals surface area contributed by atoms with Crippen LogP contribution < -0.4 is 20.9 Å². The fraction of sp³-hybridized carbons (Fsp3) is 0.425. The highest BCUT2D eigenvalue weighted by atomic mass is 35.5. The molecule has 2 aromatic heterocycles. The molecule has 2 aromatic carbocycles. The molecule has 11 nitrogen and oxygen atoms in total. The summed E-state index contributed by atoms with van der Waals surface area (Å²) in [5.41, 5.74) is 4.77. The second kappa shape index (κ2) is 15.5. The molecule has 0 saturated carbocycles. The lowest BCUT2D eigenvalue weighted by atomic mass is 9.88. The Hall–Kier alpha value is -4.74. The Bertz CT molecular complexity index is 2030. The topological polar surface area (TPSA) is 126 Å². The largest absolute Gasteiger partial charge is 0.496 e. The van der Waals surface area contributed by atoms with Crippen molar-refractivity contribution in [2.45, 2.75) is 56.9 Å². The molecule has 2 N–H and O–H groups in total. The Labute approximate surface area is 308 Å². The number of methoxy groups -OCH3 is 1. The number of hydrogen-bond donors (Lipinski definition) is 2. The van der Waals surface area contributed by atoms with Crippen LogP contribution in [0.1, 0.15) is 55.6 Å². The van der Waals surface area contributed by atoms with Crippen molar-refractivity contribution in [1.82, 2.24) is 24.7 Å². The minimum atomic E-state index is -0.399. The third kappa shape index (κ3) is 7.71. The maximum atomic E-state index is 13.3. The van der Waals surface area contributed by atoms with Gasteiger partial charge in [-0.1, -0.05) is 23.7 Å². The molecule has 5 heterocycles. The number of carbonyl (C=O) groups is 3. The molecule has 1 unspecified atom stereocenters. The number of nitrogens with one attached hydrogen (secondary N) is 2. The van der Waals surface area contributed by atoms with Gasteiger partial charge in [-0.15, -0.1) is 0 Å². The van der Waals surface area contributed by atoms with Crippen LogP contribution in [-0.2, 0) is 27.9 Å². The second-order valence-corrected chi connectivity index (χ2v) is 14.8. The van der Waals surface area contributed by atoms with E-state index in [1.807, 2.05) is 41.4 Å². The van der Waals surface area contributed by atoms with Crippen LogP contribution >= 0.6 is 11.6 Å². The Morgan fingerprint density at radius 3 is 2.44 bits per heavy atom. The molecular weight excluding hydrogens is 680 g/mol. The highest BCUT2D eigenvalue weighted by Gasteiger charge is 2.29. The van der Waals surface area contributed by atoms with Crippen molar-refractivity contribution < 1.29 is 19.1 Å². The number of carbonyl (C=O) groups excluding carboxylic acids is 3. The van der Waals surface area contributed by atoms with Gasteiger partial charge in [-0.05, 0) is 110 Å². The molecular formula is C40H45ClN6O5. The molecule has 3 amide bonds. The molecule has 0 spiro atoms. The van der Waals surface area contributed by atoms with Gasteiger partial charge in [0.15, 0.2) is 0 Å². The highest BCUT2D eigenvalue weighted by molar-refractivity contribution is 6.32. The number of imide groups is 1. The summed E-state index contributed by atoms with van der Waals surface area (Å²) in [5, 5.41) is 7.65. The van der Waals surface area contributed by atoms with Crippen LogP contribution in [0.2, 0.25) is 5.02 Å². The van der Waals surface area contributed by atoms with Gasteiger partial charge in [0.05, 0.1) is 19.0 Å². The lowest BCUT2D eigenvalue weighted by molar-refractivity contribution is -0.134. The summed E-state index contributed by atoms with van der Waals surface area (Å²) >= 11 is 6.94. The van der Waals surface area contributed by atoms with E-state index in [0.29, 0.717) is 41.6 Å². The number of piperidine rings is 3. The van der Waals surface area contributed by atoms with Crippen LogP contribution in [0.15, 0.2) is 65.8 Å². The summed E-state index contributed by atoms with van der Waals surface area (Å²) in [6.45, 7) is 3.66. The number of likely N-dealkylation sites (tertiary alicyclic amines) is 2. The van der Waals surface area contributed by atoms with Gasteiger partial charge in [-0.25, -0.2) is 0 Å². The molecule has 52 heavy (non-hydrogen) atoms. The third-order valence-corrected chi connectivity index (χ3v) is 11.4. The number of nitrogens with zero attached hydrogens (tertiary/aromatic N) is 4. The molecule has 7 rings (SSSR count). The number of aryl methyl sites for hydroxylation is 1. The predicted octanol–water partition coefficient (Wildman–Crippen LogP) is 5.14. The number of fused-ring (bicyclic) bond motifs is 1. The van der Waals surface area contributed by atoms with E-state index in [-0.39, 0.29) is 23.3 Å². The normalized spacial score (nSPS) is 19.1. The molecule has 1 atom stereocenters. The zero-order valence-corrected chi connectivity index (χ0v) is 30.5. The first-order chi connectivity index (χ1) is 25.2. The van der Waals surface area contributed by atoms with Gasteiger partial charge in [-0.2, -0.15) is 0 Å². The van der Waals surface area contributed by atoms with Gasteiger partial charge in [0.2, 0.25) is 17.7 Å². The summed E-state index contributed by atoms with van der Waals surface area (Å²) < 4.78 is 7.43. The van der Waals surface area contributed by atoms with E-state index in [2.05, 4.69) is 32.7 Å². The van der Waals surface area contributed by atoms with Gasteiger partial charge in [0.25, 0.3) is 5.56 Å². The first-order valence-corrected chi connectivity index (χ1v) is 18.5. The molecule has 0 radical (unpaired) electrons. The summed E-state index contributed by atoms with van der Waals surface area (Å²) in [4.78, 5) is 58.0. The van der Waals surface area contributed by atoms with Crippen LogP contribution in [0.4, 0.5) is 5.69 Å². The lowest BCUT2D eigenvalue weighted by Crippen LogP contribution is -2.47. The smallest absolute Gasteiger partial charge is 0.259 e. The number of hydrogen-bond acceptors (Lipinski definition) is 8. The van der Waals surface area contributed by atoms with Crippen molar-refractivity contribution in [1.29, 1.82) is 0 Å². The molecule has 0 aliphatic carbocycles. The van der Waals surface area contributed by atoms with Gasteiger partial charge in [0, 0.05) is 67.0 Å². The fourth-order valence-electron chi connectivity index (χ4n) is 7.96. The second-order valence-electron chi connectivity index (χ2n) is 14.4. The quantitative estimate of drug-likeness (QED) is 0.228. The van der Waals surface area contributed by atoms with Crippen LogP contribution in [-0.4, -0.2) is 82.9 Å². The molecule has 0 bridgehead atoms. The standard InChI is InChI=1S/C40H45ClN6O5/c1-45-23-33(30-9-14-42-22-32(30)40(45)51)28-20-34(41)31(36(21-28)52-2)19-25-10-15-46(16-11-25)24-38(49)47-17-12-27(13-18-47)26-3-5-29(6-4-26)43-35-7-8-37(48)44-39(35)50/h3-6,9,14,20-23,25,27,35,43H,7-8,10-13,15-19,24H2,1-2H3,(H,44,48,50).